The van der Waals surface area contributed by atoms with Crippen molar-refractivity contribution < 1.29 is 23.5 Å². The number of likely N-dealkylation sites (tertiary alicyclic amines) is 1. The van der Waals surface area contributed by atoms with Crippen molar-refractivity contribution in [3.8, 4) is 5.75 Å². The van der Waals surface area contributed by atoms with Gasteiger partial charge in [-0.15, -0.1) is 12.4 Å². The molecule has 4 rings (SSSR count). The molecule has 2 N–H and O–H groups in total. The molecule has 1 amide bonds. The number of hydrogen-bond acceptors (Lipinski definition) is 5. The number of carbonyl (C=O) groups excluding carboxylic acids is 2. The number of nitrogens with zero attached hydrogens (tertiary/aromatic N) is 2. The summed E-state index contributed by atoms with van der Waals surface area (Å²) in [7, 11) is 1.63. The largest absolute Gasteiger partial charge is 0.485 e. The van der Waals surface area contributed by atoms with Gasteiger partial charge in [0.05, 0.1) is 23.1 Å². The second kappa shape index (κ2) is 12.2. The number of fused-ring (bicyclic) bond motifs is 1. The third-order valence-electron chi connectivity index (χ3n) is 6.46. The minimum atomic E-state index is -0.222. The van der Waals surface area contributed by atoms with Crippen molar-refractivity contribution in [2.45, 2.75) is 31.8 Å². The Morgan fingerprint density at radius 1 is 1.23 bits per heavy atom. The van der Waals surface area contributed by atoms with Gasteiger partial charge < -0.3 is 24.7 Å². The number of piperidine rings is 1. The van der Waals surface area contributed by atoms with Crippen LogP contribution in [-0.2, 0) is 22.6 Å². The van der Waals surface area contributed by atoms with Crippen LogP contribution in [0.1, 0.15) is 40.2 Å². The first kappa shape index (κ1) is 26.7. The third kappa shape index (κ3) is 5.66. The molecule has 0 atom stereocenters. The summed E-state index contributed by atoms with van der Waals surface area (Å²) in [6.45, 7) is 2.41. The molecule has 1 aliphatic rings. The molecule has 7 nitrogen and oxygen atoms in total. The number of rotatable bonds is 9. The number of benzene rings is 2. The summed E-state index contributed by atoms with van der Waals surface area (Å²) in [5.41, 5.74) is 8.69. The molecular formula is C26H31ClFN3O4. The van der Waals surface area contributed by atoms with Crippen LogP contribution in [-0.4, -0.2) is 55.1 Å². The van der Waals surface area contributed by atoms with E-state index in [1.165, 1.54) is 6.07 Å². The predicted octanol–water partition coefficient (Wildman–Crippen LogP) is 3.90. The lowest BCUT2D eigenvalue weighted by molar-refractivity contribution is -0.109. The molecule has 1 fully saturated rings. The average molecular weight is 504 g/mol. The van der Waals surface area contributed by atoms with Gasteiger partial charge in [0.25, 0.3) is 5.91 Å². The smallest absolute Gasteiger partial charge is 0.256 e. The van der Waals surface area contributed by atoms with Crippen molar-refractivity contribution in [3.63, 3.8) is 0 Å². The van der Waals surface area contributed by atoms with Gasteiger partial charge >= 0.3 is 0 Å². The van der Waals surface area contributed by atoms with E-state index in [9.17, 15) is 14.0 Å². The van der Waals surface area contributed by atoms with Gasteiger partial charge in [0.2, 0.25) is 0 Å². The van der Waals surface area contributed by atoms with E-state index < -0.39 is 0 Å². The van der Waals surface area contributed by atoms with E-state index in [1.54, 1.807) is 19.2 Å². The molecule has 2 aromatic carbocycles. The molecule has 1 saturated heterocycles. The van der Waals surface area contributed by atoms with Crippen LogP contribution in [0, 0.1) is 5.82 Å². The van der Waals surface area contributed by atoms with Gasteiger partial charge in [-0.2, -0.15) is 0 Å². The summed E-state index contributed by atoms with van der Waals surface area (Å²) in [5.74, 6) is 0.225. The second-order valence-electron chi connectivity index (χ2n) is 8.48. The highest BCUT2D eigenvalue weighted by Crippen LogP contribution is 2.34. The summed E-state index contributed by atoms with van der Waals surface area (Å²) in [4.78, 5) is 26.3. The number of carbonyl (C=O) groups is 2. The van der Waals surface area contributed by atoms with Crippen molar-refractivity contribution in [1.29, 1.82) is 0 Å². The fourth-order valence-corrected chi connectivity index (χ4v) is 4.70. The van der Waals surface area contributed by atoms with Crippen molar-refractivity contribution in [1.82, 2.24) is 9.47 Å². The molecule has 0 spiro atoms. The van der Waals surface area contributed by atoms with Crippen LogP contribution in [0.15, 0.2) is 42.6 Å². The van der Waals surface area contributed by atoms with Crippen molar-refractivity contribution in [2.75, 3.05) is 33.4 Å². The maximum Gasteiger partial charge on any atom is 0.256 e. The molecule has 1 aliphatic heterocycles. The van der Waals surface area contributed by atoms with Crippen LogP contribution < -0.4 is 10.5 Å². The number of aromatic nitrogens is 1. The predicted molar refractivity (Wildman–Crippen MR) is 135 cm³/mol. The Labute approximate surface area is 210 Å². The fraction of sp³-hybridized carbons (Fsp3) is 0.385. The van der Waals surface area contributed by atoms with Gasteiger partial charge in [0.15, 0.2) is 6.29 Å². The van der Waals surface area contributed by atoms with Gasteiger partial charge in [0, 0.05) is 39.5 Å². The molecule has 0 unspecified atom stereocenters. The molecule has 2 heterocycles. The third-order valence-corrected chi connectivity index (χ3v) is 6.46. The van der Waals surface area contributed by atoms with E-state index in [1.807, 2.05) is 33.9 Å². The Morgan fingerprint density at radius 2 is 2.00 bits per heavy atom. The summed E-state index contributed by atoms with van der Waals surface area (Å²) >= 11 is 0. The minimum Gasteiger partial charge on any atom is -0.485 e. The van der Waals surface area contributed by atoms with Crippen molar-refractivity contribution in [3.05, 3.63) is 65.1 Å². The molecule has 0 aliphatic carbocycles. The maximum absolute atomic E-state index is 14.5. The number of halogens is 2. The minimum absolute atomic E-state index is 0. The second-order valence-corrected chi connectivity index (χ2v) is 8.48. The fourth-order valence-electron chi connectivity index (χ4n) is 4.70. The van der Waals surface area contributed by atoms with Gasteiger partial charge in [0.1, 0.15) is 18.2 Å². The van der Waals surface area contributed by atoms with Gasteiger partial charge in [-0.25, -0.2) is 4.39 Å². The summed E-state index contributed by atoms with van der Waals surface area (Å²) in [6, 6.07) is 10.6. The lowest BCUT2D eigenvalue weighted by Gasteiger charge is -2.32. The van der Waals surface area contributed by atoms with Crippen LogP contribution in [0.2, 0.25) is 0 Å². The highest BCUT2D eigenvalue weighted by atomic mass is 35.5. The lowest BCUT2D eigenvalue weighted by Crippen LogP contribution is -2.38. The maximum atomic E-state index is 14.5. The zero-order valence-corrected chi connectivity index (χ0v) is 20.6. The molecule has 188 valence electrons. The number of methoxy groups -OCH3 is 1. The van der Waals surface area contributed by atoms with Crippen molar-refractivity contribution in [2.24, 2.45) is 5.73 Å². The monoisotopic (exact) mass is 503 g/mol. The first-order valence-electron chi connectivity index (χ1n) is 11.5. The Balaban J connectivity index is 0.00000342. The highest BCUT2D eigenvalue weighted by molar-refractivity contribution is 6.09. The van der Waals surface area contributed by atoms with Crippen molar-refractivity contribution >= 4 is 35.5 Å². The molecule has 0 radical (unpaired) electrons. The highest BCUT2D eigenvalue weighted by Gasteiger charge is 2.29. The topological polar surface area (TPSA) is 86.8 Å². The van der Waals surface area contributed by atoms with Crippen LogP contribution >= 0.6 is 12.4 Å². The molecule has 0 bridgehead atoms. The standard InChI is InChI=1S/C26H30FN3O4.ClH/c1-33-13-11-30-17-21(25-23(30)3-2-4-24(25)34-14-12-31)26(32)29-9-7-19(8-10-29)20-15-18(16-28)5-6-22(20)27;/h2-6,12,15,17,19H,7-11,13-14,16,28H2,1H3;1H. The Morgan fingerprint density at radius 3 is 2.69 bits per heavy atom. The molecule has 9 heteroatoms. The van der Waals surface area contributed by atoms with Crippen LogP contribution in [0.5, 0.6) is 5.75 Å². The van der Waals surface area contributed by atoms with E-state index >= 15 is 0 Å². The van der Waals surface area contributed by atoms with E-state index in [0.29, 0.717) is 74.2 Å². The lowest BCUT2D eigenvalue weighted by atomic mass is 9.88. The molecule has 35 heavy (non-hydrogen) atoms. The van der Waals surface area contributed by atoms with Crippen LogP contribution in [0.4, 0.5) is 4.39 Å². The normalized spacial score (nSPS) is 14.1. The zero-order valence-electron chi connectivity index (χ0n) is 19.7. The first-order chi connectivity index (χ1) is 16.6. The number of amides is 1. The SMILES string of the molecule is COCCn1cc(C(=O)N2CCC(c3cc(CN)ccc3F)CC2)c2c(OCC=O)cccc21.Cl. The summed E-state index contributed by atoms with van der Waals surface area (Å²) < 4.78 is 27.3. The number of aldehydes is 1. The molecular weight excluding hydrogens is 473 g/mol. The number of nitrogens with two attached hydrogens (primary N) is 1. The van der Waals surface area contributed by atoms with E-state index in [4.69, 9.17) is 15.2 Å². The zero-order chi connectivity index (χ0) is 24.1. The van der Waals surface area contributed by atoms with E-state index in [-0.39, 0.29) is 36.7 Å². The Hall–Kier alpha value is -2.94. The van der Waals surface area contributed by atoms with E-state index in [2.05, 4.69) is 0 Å². The average Bonchev–Trinajstić information content (AvgIpc) is 3.25. The van der Waals surface area contributed by atoms with Gasteiger partial charge in [-0.3, -0.25) is 9.59 Å². The summed E-state index contributed by atoms with van der Waals surface area (Å²) in [5, 5.41) is 0.689. The summed E-state index contributed by atoms with van der Waals surface area (Å²) in [6.07, 6.45) is 3.86. The van der Waals surface area contributed by atoms with E-state index in [0.717, 1.165) is 11.1 Å². The van der Waals surface area contributed by atoms with Crippen LogP contribution in [0.25, 0.3) is 10.9 Å². The molecule has 0 saturated carbocycles. The quantitative estimate of drug-likeness (QED) is 0.447. The van der Waals surface area contributed by atoms with Gasteiger partial charge in [-0.05, 0) is 48.1 Å². The number of hydrogen-bond donors (Lipinski definition) is 1. The Kier molecular flexibility index (Phi) is 9.26. The molecule has 3 aromatic rings. The van der Waals surface area contributed by atoms with Gasteiger partial charge in [-0.1, -0.05) is 18.2 Å². The Bertz CT molecular complexity index is 1170. The first-order valence-corrected chi connectivity index (χ1v) is 11.5. The van der Waals surface area contributed by atoms with Crippen LogP contribution in [0.3, 0.4) is 0 Å². The number of ether oxygens (including phenoxy) is 2. The molecule has 1 aromatic heterocycles.